The monoisotopic (exact) mass is 536 g/mol. The summed E-state index contributed by atoms with van der Waals surface area (Å²) in [7, 11) is 0. The highest BCUT2D eigenvalue weighted by Gasteiger charge is 2.38. The summed E-state index contributed by atoms with van der Waals surface area (Å²) >= 11 is 6.07. The molecule has 1 heterocycles. The summed E-state index contributed by atoms with van der Waals surface area (Å²) in [6, 6.07) is 14.3. The van der Waals surface area contributed by atoms with Crippen molar-refractivity contribution in [2.45, 2.75) is 52.1 Å². The molecule has 1 N–H and O–H groups in total. The number of para-hydroxylation sites is 1. The number of benzene rings is 2. The number of halogens is 1. The number of hydrogen-bond acceptors (Lipinski definition) is 4. The van der Waals surface area contributed by atoms with Crippen LogP contribution in [0.25, 0.3) is 0 Å². The number of rotatable bonds is 10. The van der Waals surface area contributed by atoms with Gasteiger partial charge in [-0.3, -0.25) is 14.4 Å². The van der Waals surface area contributed by atoms with Crippen LogP contribution in [0.1, 0.15) is 51.6 Å². The zero-order chi connectivity index (χ0) is 27.8. The van der Waals surface area contributed by atoms with E-state index in [1.165, 1.54) is 6.92 Å². The molecule has 7 nitrogen and oxygen atoms in total. The van der Waals surface area contributed by atoms with E-state index in [9.17, 15) is 14.4 Å². The van der Waals surface area contributed by atoms with E-state index in [0.29, 0.717) is 23.6 Å². The van der Waals surface area contributed by atoms with Crippen LogP contribution in [0.3, 0.4) is 0 Å². The van der Waals surface area contributed by atoms with Crippen LogP contribution in [-0.4, -0.2) is 35.5 Å². The molecule has 8 heteroatoms. The second-order valence-corrected chi connectivity index (χ2v) is 9.53. The highest BCUT2D eigenvalue weighted by atomic mass is 35.5. The van der Waals surface area contributed by atoms with Crippen molar-refractivity contribution in [2.75, 3.05) is 16.4 Å². The number of anilines is 2. The van der Waals surface area contributed by atoms with Gasteiger partial charge in [-0.2, -0.15) is 0 Å². The fraction of sp³-hybridized carbons (Fsp3) is 0.300. The lowest BCUT2D eigenvalue weighted by molar-refractivity contribution is -0.137. The zero-order valence-electron chi connectivity index (χ0n) is 21.9. The highest BCUT2D eigenvalue weighted by molar-refractivity contribution is 6.30. The number of ether oxygens (including phenoxy) is 1. The van der Waals surface area contributed by atoms with Gasteiger partial charge < -0.3 is 19.6 Å². The number of carbonyl (C=O) groups is 3. The summed E-state index contributed by atoms with van der Waals surface area (Å²) in [6.45, 7) is 9.54. The molecule has 2 aromatic rings. The number of hydrogen-bond donors (Lipinski definition) is 1. The van der Waals surface area contributed by atoms with Crippen LogP contribution < -0.4 is 9.80 Å². The molecule has 38 heavy (non-hydrogen) atoms. The lowest BCUT2D eigenvalue weighted by Gasteiger charge is -2.43. The van der Waals surface area contributed by atoms with Gasteiger partial charge in [0.1, 0.15) is 5.76 Å². The lowest BCUT2D eigenvalue weighted by atomic mass is 9.89. The second-order valence-electron chi connectivity index (χ2n) is 9.10. The third-order valence-electron chi connectivity index (χ3n) is 6.35. The number of aliphatic carboxylic acids is 1. The van der Waals surface area contributed by atoms with Crippen LogP contribution in [0.5, 0.6) is 0 Å². The number of amides is 2. The number of fused-ring (bicyclic) bond motifs is 1. The van der Waals surface area contributed by atoms with Crippen molar-refractivity contribution in [2.24, 2.45) is 0 Å². The van der Waals surface area contributed by atoms with Crippen molar-refractivity contribution in [1.29, 1.82) is 0 Å². The summed E-state index contributed by atoms with van der Waals surface area (Å²) in [5, 5.41) is 9.36. The minimum atomic E-state index is -0.872. The molecule has 200 valence electrons. The zero-order valence-corrected chi connectivity index (χ0v) is 22.6. The predicted octanol–water partition coefficient (Wildman–Crippen LogP) is 6.46. The predicted molar refractivity (Wildman–Crippen MR) is 150 cm³/mol. The summed E-state index contributed by atoms with van der Waals surface area (Å²) < 4.78 is 5.61. The number of nitrogens with zero attached hydrogens (tertiary/aromatic N) is 2. The molecule has 0 aromatic heterocycles. The Morgan fingerprint density at radius 2 is 1.84 bits per heavy atom. The Balaban J connectivity index is 1.83. The van der Waals surface area contributed by atoms with E-state index >= 15 is 0 Å². The van der Waals surface area contributed by atoms with Crippen LogP contribution in [0.2, 0.25) is 5.02 Å². The van der Waals surface area contributed by atoms with Gasteiger partial charge in [0.2, 0.25) is 5.91 Å². The second kappa shape index (κ2) is 13.1. The van der Waals surface area contributed by atoms with Gasteiger partial charge in [-0.25, -0.2) is 0 Å². The Kier molecular flexibility index (Phi) is 9.91. The average Bonchev–Trinajstić information content (AvgIpc) is 2.88. The molecule has 0 fully saturated rings. The van der Waals surface area contributed by atoms with Crippen molar-refractivity contribution < 1.29 is 24.2 Å². The highest BCUT2D eigenvalue weighted by Crippen LogP contribution is 2.42. The number of carbonyl (C=O) groups excluding carboxylic acids is 2. The normalized spacial score (nSPS) is 17.2. The molecule has 1 aliphatic heterocycles. The van der Waals surface area contributed by atoms with Crippen LogP contribution in [-0.2, 0) is 19.1 Å². The van der Waals surface area contributed by atoms with Gasteiger partial charge in [0, 0.05) is 41.4 Å². The Labute approximate surface area is 228 Å². The third kappa shape index (κ3) is 6.92. The third-order valence-corrected chi connectivity index (χ3v) is 6.60. The Bertz CT molecular complexity index is 1250. The maximum atomic E-state index is 13.6. The first-order valence-electron chi connectivity index (χ1n) is 12.5. The topological polar surface area (TPSA) is 87.2 Å². The van der Waals surface area contributed by atoms with E-state index in [2.05, 4.69) is 6.58 Å². The molecular formula is C30H33ClN2O5. The minimum Gasteiger partial charge on any atom is -0.494 e. The molecule has 0 radical (unpaired) electrons. The summed E-state index contributed by atoms with van der Waals surface area (Å²) in [5.74, 6) is -0.699. The van der Waals surface area contributed by atoms with Gasteiger partial charge in [-0.05, 0) is 80.8 Å². The fourth-order valence-corrected chi connectivity index (χ4v) is 4.69. The molecule has 2 unspecified atom stereocenters. The first-order valence-corrected chi connectivity index (χ1v) is 12.9. The number of carboxylic acid groups (broad SMARTS) is 1. The SMILES string of the molecule is C=C(/C=C/C(=C/C)OCCCC(=O)O)C(=O)N1c2ccccc2C(N(C(C)=O)c2ccc(Cl)cc2)CC1C. The Morgan fingerprint density at radius 1 is 1.16 bits per heavy atom. The first kappa shape index (κ1) is 28.7. The van der Waals surface area contributed by atoms with Crippen molar-refractivity contribution in [1.82, 2.24) is 0 Å². The smallest absolute Gasteiger partial charge is 0.303 e. The summed E-state index contributed by atoms with van der Waals surface area (Å²) in [5.41, 5.74) is 2.62. The first-order chi connectivity index (χ1) is 18.1. The van der Waals surface area contributed by atoms with Gasteiger partial charge in [0.05, 0.1) is 12.6 Å². The largest absolute Gasteiger partial charge is 0.494 e. The quantitative estimate of drug-likeness (QED) is 0.163. The molecule has 0 bridgehead atoms. The molecule has 0 saturated carbocycles. The van der Waals surface area contributed by atoms with Crippen molar-refractivity contribution in [3.05, 3.63) is 95.3 Å². The van der Waals surface area contributed by atoms with Crippen molar-refractivity contribution in [3.63, 3.8) is 0 Å². The average molecular weight is 537 g/mol. The van der Waals surface area contributed by atoms with Gasteiger partial charge >= 0.3 is 5.97 Å². The number of allylic oxidation sites excluding steroid dienone is 2. The van der Waals surface area contributed by atoms with E-state index in [-0.39, 0.29) is 42.5 Å². The van der Waals surface area contributed by atoms with Gasteiger partial charge in [-0.1, -0.05) is 36.4 Å². The summed E-state index contributed by atoms with van der Waals surface area (Å²) in [4.78, 5) is 40.6. The Morgan fingerprint density at radius 3 is 2.47 bits per heavy atom. The maximum Gasteiger partial charge on any atom is 0.303 e. The van der Waals surface area contributed by atoms with Gasteiger partial charge in [0.25, 0.3) is 5.91 Å². The molecule has 1 aliphatic rings. The van der Waals surface area contributed by atoms with E-state index in [1.807, 2.05) is 43.3 Å². The molecule has 2 atom stereocenters. The number of carboxylic acids is 1. The molecule has 0 saturated heterocycles. The Hall–Kier alpha value is -3.84. The van der Waals surface area contributed by atoms with Crippen LogP contribution in [0.4, 0.5) is 11.4 Å². The van der Waals surface area contributed by atoms with Crippen LogP contribution in [0.15, 0.2) is 84.7 Å². The molecule has 3 rings (SSSR count). The van der Waals surface area contributed by atoms with Gasteiger partial charge in [-0.15, -0.1) is 0 Å². The minimum absolute atomic E-state index is 0.0260. The van der Waals surface area contributed by atoms with Crippen LogP contribution in [0, 0.1) is 0 Å². The lowest BCUT2D eigenvalue weighted by Crippen LogP contribution is -2.47. The molecule has 0 spiro atoms. The molecule has 2 amide bonds. The van der Waals surface area contributed by atoms with E-state index in [1.54, 1.807) is 47.1 Å². The fourth-order valence-electron chi connectivity index (χ4n) is 4.57. The molecule has 2 aromatic carbocycles. The maximum absolute atomic E-state index is 13.6. The van der Waals surface area contributed by atoms with Crippen molar-refractivity contribution >= 4 is 40.8 Å². The van der Waals surface area contributed by atoms with E-state index < -0.39 is 5.97 Å². The van der Waals surface area contributed by atoms with E-state index in [4.69, 9.17) is 21.4 Å². The van der Waals surface area contributed by atoms with Crippen LogP contribution >= 0.6 is 11.6 Å². The molecule has 0 aliphatic carbocycles. The van der Waals surface area contributed by atoms with Crippen molar-refractivity contribution in [3.8, 4) is 0 Å². The van der Waals surface area contributed by atoms with E-state index in [0.717, 1.165) is 16.9 Å². The molecular weight excluding hydrogens is 504 g/mol. The standard InChI is InChI=1S/C30H33ClN2O5/c1-5-25(38-18-8-11-29(35)36)17-12-20(2)30(37)32-21(3)19-28(26-9-6-7-10-27(26)32)33(22(4)34)24-15-13-23(31)14-16-24/h5-7,9-10,12-17,21,28H,2,8,11,18-19H2,1,3-4H3,(H,35,36)/b17-12+,25-5-. The summed E-state index contributed by atoms with van der Waals surface area (Å²) in [6.07, 6.45) is 5.95. The van der Waals surface area contributed by atoms with Gasteiger partial charge in [0.15, 0.2) is 0 Å².